The molecule has 2 unspecified atom stereocenters. The van der Waals surface area contributed by atoms with E-state index in [0.717, 1.165) is 11.3 Å². The summed E-state index contributed by atoms with van der Waals surface area (Å²) in [5, 5.41) is 2.15. The Morgan fingerprint density at radius 1 is 1.17 bits per heavy atom. The number of ether oxygens (including phenoxy) is 1. The summed E-state index contributed by atoms with van der Waals surface area (Å²) in [6, 6.07) is 3.40. The minimum Gasteiger partial charge on any atom is -0.483 e. The summed E-state index contributed by atoms with van der Waals surface area (Å²) < 4.78 is 5.57. The molecule has 10 nitrogen and oxygen atoms in total. The van der Waals surface area contributed by atoms with E-state index in [1.165, 1.54) is 12.1 Å². The van der Waals surface area contributed by atoms with Gasteiger partial charge in [0.05, 0.1) is 11.1 Å². The number of nitrogens with two attached hydrogens (primary N) is 1. The fraction of sp³-hybridized carbons (Fsp3) is 0.421. The number of fused-ring (bicyclic) bond motifs is 1. The van der Waals surface area contributed by atoms with Gasteiger partial charge in [0.25, 0.3) is 17.7 Å². The second-order valence-corrected chi connectivity index (χ2v) is 7.30. The number of hydrogen-bond acceptors (Lipinski definition) is 7. The van der Waals surface area contributed by atoms with E-state index in [2.05, 4.69) is 5.32 Å². The van der Waals surface area contributed by atoms with Crippen LogP contribution in [0.4, 0.5) is 0 Å². The molecule has 0 spiro atoms. The molecule has 0 aromatic heterocycles. The lowest BCUT2D eigenvalue weighted by atomic mass is 10.0. The molecule has 5 amide bonds. The molecule has 1 aromatic carbocycles. The average molecular weight is 437 g/mol. The summed E-state index contributed by atoms with van der Waals surface area (Å²) in [6.45, 7) is 0.718. The van der Waals surface area contributed by atoms with Crippen molar-refractivity contribution in [2.24, 2.45) is 5.73 Å². The molecule has 0 aliphatic carbocycles. The van der Waals surface area contributed by atoms with Gasteiger partial charge in [0, 0.05) is 25.6 Å². The van der Waals surface area contributed by atoms with Gasteiger partial charge >= 0.3 is 0 Å². The van der Waals surface area contributed by atoms with Crippen LogP contribution in [0.1, 0.15) is 40.0 Å². The van der Waals surface area contributed by atoms with E-state index < -0.39 is 29.7 Å². The number of piperidine rings is 1. The molecule has 3 heterocycles. The molecular formula is C19H21ClN4O6. The summed E-state index contributed by atoms with van der Waals surface area (Å²) in [5.74, 6) is -2.57. The molecule has 2 saturated heterocycles. The Labute approximate surface area is 178 Å². The summed E-state index contributed by atoms with van der Waals surface area (Å²) in [7, 11) is 0. The van der Waals surface area contributed by atoms with E-state index >= 15 is 0 Å². The van der Waals surface area contributed by atoms with Crippen molar-refractivity contribution in [3.8, 4) is 5.75 Å². The van der Waals surface area contributed by atoms with Gasteiger partial charge in [-0.05, 0) is 25.0 Å². The van der Waals surface area contributed by atoms with Crippen LogP contribution in [-0.4, -0.2) is 71.1 Å². The van der Waals surface area contributed by atoms with Crippen LogP contribution in [0.15, 0.2) is 18.2 Å². The van der Waals surface area contributed by atoms with Gasteiger partial charge in [-0.3, -0.25) is 34.2 Å². The van der Waals surface area contributed by atoms with E-state index in [9.17, 15) is 24.0 Å². The number of carbonyl (C=O) groups is 5. The Hall–Kier alpha value is -2.98. The second-order valence-electron chi connectivity index (χ2n) is 7.30. The molecule has 3 aliphatic rings. The molecule has 160 valence electrons. The summed E-state index contributed by atoms with van der Waals surface area (Å²) in [4.78, 5) is 64.0. The number of carbonyl (C=O) groups excluding carboxylic acids is 5. The quantitative estimate of drug-likeness (QED) is 0.603. The number of nitrogens with zero attached hydrogens (tertiary/aromatic N) is 2. The average Bonchev–Trinajstić information content (AvgIpc) is 3.23. The van der Waals surface area contributed by atoms with E-state index in [4.69, 9.17) is 10.5 Å². The lowest BCUT2D eigenvalue weighted by Gasteiger charge is -2.27. The molecule has 0 bridgehead atoms. The Bertz CT molecular complexity index is 936. The number of imide groups is 2. The fourth-order valence-corrected chi connectivity index (χ4v) is 3.85. The van der Waals surface area contributed by atoms with E-state index in [1.807, 2.05) is 0 Å². The largest absolute Gasteiger partial charge is 0.483 e. The number of rotatable bonds is 4. The van der Waals surface area contributed by atoms with Gasteiger partial charge in [-0.2, -0.15) is 0 Å². The molecule has 11 heteroatoms. The highest BCUT2D eigenvalue weighted by molar-refractivity contribution is 6.24. The number of halogens is 1. The summed E-state index contributed by atoms with van der Waals surface area (Å²) in [6.07, 6.45) is 0.833. The van der Waals surface area contributed by atoms with Crippen molar-refractivity contribution in [3.63, 3.8) is 0 Å². The third kappa shape index (κ3) is 3.75. The maximum absolute atomic E-state index is 12.9. The lowest BCUT2D eigenvalue weighted by Crippen LogP contribution is -2.54. The van der Waals surface area contributed by atoms with E-state index in [1.54, 1.807) is 11.0 Å². The third-order valence-corrected chi connectivity index (χ3v) is 5.36. The van der Waals surface area contributed by atoms with Crippen LogP contribution in [0.25, 0.3) is 0 Å². The van der Waals surface area contributed by atoms with Crippen LogP contribution in [-0.2, 0) is 14.4 Å². The maximum Gasteiger partial charge on any atom is 0.266 e. The van der Waals surface area contributed by atoms with Crippen LogP contribution in [0.3, 0.4) is 0 Å². The molecule has 2 fully saturated rings. The van der Waals surface area contributed by atoms with Gasteiger partial charge < -0.3 is 15.4 Å². The van der Waals surface area contributed by atoms with Crippen LogP contribution < -0.4 is 15.8 Å². The fourth-order valence-electron chi connectivity index (χ4n) is 3.85. The zero-order chi connectivity index (χ0) is 20.7. The van der Waals surface area contributed by atoms with Gasteiger partial charge in [-0.1, -0.05) is 6.07 Å². The van der Waals surface area contributed by atoms with E-state index in [0.29, 0.717) is 13.1 Å². The number of amides is 5. The van der Waals surface area contributed by atoms with Gasteiger partial charge in [0.1, 0.15) is 11.8 Å². The van der Waals surface area contributed by atoms with Crippen LogP contribution in [0.5, 0.6) is 5.75 Å². The topological polar surface area (TPSA) is 139 Å². The lowest BCUT2D eigenvalue weighted by molar-refractivity contribution is -0.136. The predicted octanol–water partition coefficient (Wildman–Crippen LogP) is -0.552. The van der Waals surface area contributed by atoms with Gasteiger partial charge in [0.2, 0.25) is 11.8 Å². The second kappa shape index (κ2) is 8.41. The zero-order valence-electron chi connectivity index (χ0n) is 16.0. The smallest absolute Gasteiger partial charge is 0.266 e. The maximum atomic E-state index is 12.9. The third-order valence-electron chi connectivity index (χ3n) is 5.36. The van der Waals surface area contributed by atoms with Crippen LogP contribution in [0.2, 0.25) is 0 Å². The van der Waals surface area contributed by atoms with Crippen molar-refractivity contribution in [2.45, 2.75) is 31.3 Å². The first-order chi connectivity index (χ1) is 13.9. The monoisotopic (exact) mass is 436 g/mol. The normalized spacial score (nSPS) is 23.2. The Balaban J connectivity index is 0.00000256. The van der Waals surface area contributed by atoms with E-state index in [-0.39, 0.29) is 60.7 Å². The van der Waals surface area contributed by atoms with Crippen molar-refractivity contribution < 1.29 is 28.7 Å². The van der Waals surface area contributed by atoms with Crippen molar-refractivity contribution in [3.05, 3.63) is 29.3 Å². The van der Waals surface area contributed by atoms with Crippen molar-refractivity contribution in [1.82, 2.24) is 15.1 Å². The van der Waals surface area contributed by atoms with Gasteiger partial charge in [0.15, 0.2) is 6.61 Å². The molecule has 0 radical (unpaired) electrons. The SMILES string of the molecule is Cl.NC1CCN(C(=O)COc2cccc3c2C(=O)N(C2CCC(=O)NC2=O)C3=O)C1. The Morgan fingerprint density at radius 3 is 2.60 bits per heavy atom. The van der Waals surface area contributed by atoms with Gasteiger partial charge in [-0.25, -0.2) is 0 Å². The molecule has 0 saturated carbocycles. The molecule has 1 aromatic rings. The molecular weight excluding hydrogens is 416 g/mol. The zero-order valence-corrected chi connectivity index (χ0v) is 16.8. The first-order valence-electron chi connectivity index (χ1n) is 9.37. The predicted molar refractivity (Wildman–Crippen MR) is 105 cm³/mol. The number of likely N-dealkylation sites (tertiary alicyclic amines) is 1. The van der Waals surface area contributed by atoms with Crippen molar-refractivity contribution in [2.75, 3.05) is 19.7 Å². The highest BCUT2D eigenvalue weighted by Crippen LogP contribution is 2.33. The van der Waals surface area contributed by atoms with Crippen LogP contribution >= 0.6 is 12.4 Å². The highest BCUT2D eigenvalue weighted by Gasteiger charge is 2.46. The molecule has 3 N–H and O–H groups in total. The standard InChI is InChI=1S/C19H20N4O6.ClH/c20-10-6-7-22(8-10)15(25)9-29-13-3-1-2-11-16(13)19(28)23(18(11)27)12-4-5-14(24)21-17(12)26;/h1-3,10,12H,4-9,20H2,(H,21,24,26);1H. The number of hydrogen-bond donors (Lipinski definition) is 2. The molecule has 3 aliphatic heterocycles. The molecule has 4 rings (SSSR count). The van der Waals surface area contributed by atoms with Crippen molar-refractivity contribution in [1.29, 1.82) is 0 Å². The minimum atomic E-state index is -1.05. The van der Waals surface area contributed by atoms with Crippen molar-refractivity contribution >= 4 is 41.9 Å². The number of nitrogens with one attached hydrogen (secondary N) is 1. The number of benzene rings is 1. The Morgan fingerprint density at radius 2 is 1.93 bits per heavy atom. The first kappa shape index (κ1) is 21.7. The first-order valence-corrected chi connectivity index (χ1v) is 9.37. The van der Waals surface area contributed by atoms with Gasteiger partial charge in [-0.15, -0.1) is 12.4 Å². The molecule has 2 atom stereocenters. The van der Waals surface area contributed by atoms with Crippen LogP contribution in [0, 0.1) is 0 Å². The molecule has 30 heavy (non-hydrogen) atoms. The summed E-state index contributed by atoms with van der Waals surface area (Å²) in [5.41, 5.74) is 5.93. The highest BCUT2D eigenvalue weighted by atomic mass is 35.5. The minimum absolute atomic E-state index is 0. The summed E-state index contributed by atoms with van der Waals surface area (Å²) >= 11 is 0. The Kier molecular flexibility index (Phi) is 6.09.